The molecule has 1 saturated carbocycles. The minimum absolute atomic E-state index is 0.126. The number of hydrogen-bond acceptors (Lipinski definition) is 11. The third-order valence-electron chi connectivity index (χ3n) is 7.93. The Hall–Kier alpha value is -4.85. The Kier molecular flexibility index (Phi) is 6.33. The van der Waals surface area contributed by atoms with Crippen molar-refractivity contribution in [3.05, 3.63) is 86.2 Å². The predicted molar refractivity (Wildman–Crippen MR) is 143 cm³/mol. The number of aliphatic hydroxyl groups excluding tert-OH is 3. The molecule has 3 aliphatic carbocycles. The number of carbonyl (C=O) groups excluding carboxylic acids is 3. The van der Waals surface area contributed by atoms with Crippen LogP contribution in [0, 0.1) is 22.0 Å². The minimum Gasteiger partial charge on any atom is -0.508 e. The highest BCUT2D eigenvalue weighted by Crippen LogP contribution is 2.56. The van der Waals surface area contributed by atoms with E-state index < -0.39 is 80.4 Å². The highest BCUT2D eigenvalue weighted by molar-refractivity contribution is 6.25. The number of nitrogens with two attached hydrogens (primary N) is 1. The maximum Gasteiger partial charge on any atom is 0.270 e. The summed E-state index contributed by atoms with van der Waals surface area (Å²) in [5, 5.41) is 68.0. The second-order valence-corrected chi connectivity index (χ2v) is 10.4. The summed E-state index contributed by atoms with van der Waals surface area (Å²) in [6.07, 6.45) is -0.438. The van der Waals surface area contributed by atoms with Gasteiger partial charge in [-0.05, 0) is 36.9 Å². The maximum atomic E-state index is 14.1. The Labute approximate surface area is 231 Å². The van der Waals surface area contributed by atoms with Crippen molar-refractivity contribution in [3.63, 3.8) is 0 Å². The van der Waals surface area contributed by atoms with Gasteiger partial charge in [0.05, 0.1) is 34.1 Å². The number of fused-ring (bicyclic) bond motifs is 3. The van der Waals surface area contributed by atoms with Gasteiger partial charge in [-0.1, -0.05) is 30.3 Å². The molecule has 0 aliphatic heterocycles. The van der Waals surface area contributed by atoms with Crippen LogP contribution in [0.1, 0.15) is 16.7 Å². The standard InChI is InChI=1S/C28H25N3O10/c1-30(2)21-20-23(34)17-14(10-11-5-3-6-12(9-11)31(40)41)13-7-4-8-15(32)16(13)22(33)18(17)25(36)28(20,39)26(37)19(24(21)35)27(29)38/h3-10,17,20-21,23,32-34,37,39H,1-2H3,(H2,29,38). The van der Waals surface area contributed by atoms with Gasteiger partial charge in [0.1, 0.15) is 22.8 Å². The molecule has 0 heterocycles. The first-order valence-electron chi connectivity index (χ1n) is 12.3. The van der Waals surface area contributed by atoms with E-state index in [1.54, 1.807) is 0 Å². The van der Waals surface area contributed by atoms with Crippen molar-refractivity contribution in [2.75, 3.05) is 14.1 Å². The van der Waals surface area contributed by atoms with Crippen LogP contribution >= 0.6 is 0 Å². The number of phenols is 1. The van der Waals surface area contributed by atoms with Gasteiger partial charge < -0.3 is 31.3 Å². The molecule has 5 rings (SSSR count). The summed E-state index contributed by atoms with van der Waals surface area (Å²) < 4.78 is 0. The van der Waals surface area contributed by atoms with Crippen LogP contribution in [0.2, 0.25) is 0 Å². The van der Waals surface area contributed by atoms with Crippen molar-refractivity contribution in [1.29, 1.82) is 0 Å². The van der Waals surface area contributed by atoms with Crippen LogP contribution in [0.4, 0.5) is 5.69 Å². The average molecular weight is 564 g/mol. The summed E-state index contributed by atoms with van der Waals surface area (Å²) in [5.74, 6) is -9.59. The molecule has 2 aromatic carbocycles. The zero-order chi connectivity index (χ0) is 30.1. The Morgan fingerprint density at radius 3 is 2.39 bits per heavy atom. The molecule has 7 N–H and O–H groups in total. The molecule has 5 unspecified atom stereocenters. The normalized spacial score (nSPS) is 28.5. The number of aliphatic hydroxyl groups is 4. The number of nitro groups is 1. The highest BCUT2D eigenvalue weighted by Gasteiger charge is 2.68. The number of amides is 1. The van der Waals surface area contributed by atoms with Crippen molar-refractivity contribution in [3.8, 4) is 5.75 Å². The van der Waals surface area contributed by atoms with E-state index in [9.17, 15) is 50.0 Å². The lowest BCUT2D eigenvalue weighted by molar-refractivity contribution is -0.384. The number of primary amides is 1. The van der Waals surface area contributed by atoms with Gasteiger partial charge in [0, 0.05) is 18.1 Å². The predicted octanol–water partition coefficient (Wildman–Crippen LogP) is 0.841. The lowest BCUT2D eigenvalue weighted by Crippen LogP contribution is -2.70. The molecule has 0 radical (unpaired) electrons. The second kappa shape index (κ2) is 9.37. The fourth-order valence-electron chi connectivity index (χ4n) is 6.22. The van der Waals surface area contributed by atoms with Crippen molar-refractivity contribution < 1.29 is 44.8 Å². The molecule has 41 heavy (non-hydrogen) atoms. The smallest absolute Gasteiger partial charge is 0.270 e. The van der Waals surface area contributed by atoms with Crippen LogP contribution in [0.5, 0.6) is 5.75 Å². The second-order valence-electron chi connectivity index (χ2n) is 10.4. The fourth-order valence-corrected chi connectivity index (χ4v) is 6.22. The Morgan fingerprint density at radius 1 is 1.12 bits per heavy atom. The molecule has 1 amide bonds. The lowest BCUT2D eigenvalue weighted by atomic mass is 9.55. The Bertz CT molecular complexity index is 1660. The van der Waals surface area contributed by atoms with Crippen LogP contribution in [0.15, 0.2) is 59.4 Å². The number of carbonyl (C=O) groups is 3. The van der Waals surface area contributed by atoms with Gasteiger partial charge in [0.25, 0.3) is 11.6 Å². The molecule has 13 heteroatoms. The van der Waals surface area contributed by atoms with E-state index in [1.807, 2.05) is 0 Å². The summed E-state index contributed by atoms with van der Waals surface area (Å²) in [4.78, 5) is 51.7. The monoisotopic (exact) mass is 563 g/mol. The average Bonchev–Trinajstić information content (AvgIpc) is 2.90. The summed E-state index contributed by atoms with van der Waals surface area (Å²) >= 11 is 0. The third-order valence-corrected chi connectivity index (χ3v) is 7.93. The van der Waals surface area contributed by atoms with E-state index in [-0.39, 0.29) is 28.0 Å². The molecule has 0 bridgehead atoms. The Balaban J connectivity index is 1.85. The molecule has 3 aliphatic rings. The lowest BCUT2D eigenvalue weighted by Gasteiger charge is -2.53. The van der Waals surface area contributed by atoms with E-state index in [2.05, 4.69) is 0 Å². The molecule has 5 atom stereocenters. The summed E-state index contributed by atoms with van der Waals surface area (Å²) in [7, 11) is 2.80. The SMILES string of the molecule is CN(C)C1C(=O)C(C(N)=O)=C(O)C2(O)C(=O)C3=C(O)c4c(O)cccc4C(=Cc4cccc([N+](=O)[O-])c4)C3C(O)C12. The molecule has 0 spiro atoms. The third kappa shape index (κ3) is 3.78. The first-order valence-corrected chi connectivity index (χ1v) is 12.3. The van der Waals surface area contributed by atoms with Crippen molar-refractivity contribution >= 4 is 40.6 Å². The number of likely N-dealkylation sites (N-methyl/N-ethyl adjacent to an activating group) is 1. The molecule has 0 aromatic heterocycles. The minimum atomic E-state index is -3.06. The topological polar surface area (TPSA) is 225 Å². The van der Waals surface area contributed by atoms with E-state index >= 15 is 0 Å². The number of Topliss-reactive ketones (excluding diaryl/α,β-unsaturated/α-hetero) is 2. The largest absolute Gasteiger partial charge is 0.508 e. The number of nitrogens with zero attached hydrogens (tertiary/aromatic N) is 2. The molecule has 0 saturated heterocycles. The van der Waals surface area contributed by atoms with Crippen LogP contribution in [-0.4, -0.2) is 84.7 Å². The molecule has 212 valence electrons. The van der Waals surface area contributed by atoms with Crippen molar-refractivity contribution in [1.82, 2.24) is 4.90 Å². The van der Waals surface area contributed by atoms with E-state index in [1.165, 1.54) is 67.5 Å². The van der Waals surface area contributed by atoms with Gasteiger partial charge in [-0.25, -0.2) is 0 Å². The summed E-state index contributed by atoms with van der Waals surface area (Å²) in [6.45, 7) is 0. The van der Waals surface area contributed by atoms with Crippen LogP contribution in [-0.2, 0) is 14.4 Å². The fraction of sp³-hybridized carbons (Fsp3) is 0.250. The molecular formula is C28H25N3O10. The number of benzene rings is 2. The molecule has 13 nitrogen and oxygen atoms in total. The zero-order valence-corrected chi connectivity index (χ0v) is 21.7. The van der Waals surface area contributed by atoms with Crippen LogP contribution in [0.25, 0.3) is 17.4 Å². The molecule has 1 fully saturated rings. The maximum absolute atomic E-state index is 14.1. The van der Waals surface area contributed by atoms with Gasteiger partial charge in [0.15, 0.2) is 11.4 Å². The van der Waals surface area contributed by atoms with Crippen LogP contribution in [0.3, 0.4) is 0 Å². The van der Waals surface area contributed by atoms with Gasteiger partial charge in [0.2, 0.25) is 5.78 Å². The number of nitro benzene ring substituents is 1. The summed E-state index contributed by atoms with van der Waals surface area (Å²) in [5.41, 5.74) is 0.715. The first-order chi connectivity index (χ1) is 19.2. The van der Waals surface area contributed by atoms with E-state index in [0.29, 0.717) is 0 Å². The number of phenolic OH excluding ortho intramolecular Hbond substituents is 1. The first kappa shape index (κ1) is 27.7. The van der Waals surface area contributed by atoms with Gasteiger partial charge in [-0.15, -0.1) is 0 Å². The number of non-ortho nitro benzene ring substituents is 1. The number of ketones is 2. The van der Waals surface area contributed by atoms with E-state index in [0.717, 1.165) is 0 Å². The van der Waals surface area contributed by atoms with Gasteiger partial charge in [-0.3, -0.25) is 29.4 Å². The van der Waals surface area contributed by atoms with Gasteiger partial charge >= 0.3 is 0 Å². The molecular weight excluding hydrogens is 538 g/mol. The van der Waals surface area contributed by atoms with Crippen molar-refractivity contribution in [2.45, 2.75) is 17.7 Å². The van der Waals surface area contributed by atoms with Gasteiger partial charge in [-0.2, -0.15) is 0 Å². The van der Waals surface area contributed by atoms with Crippen molar-refractivity contribution in [2.24, 2.45) is 17.6 Å². The van der Waals surface area contributed by atoms with Crippen LogP contribution < -0.4 is 5.73 Å². The zero-order valence-electron chi connectivity index (χ0n) is 21.7. The van der Waals surface area contributed by atoms with E-state index in [4.69, 9.17) is 5.73 Å². The summed E-state index contributed by atoms with van der Waals surface area (Å²) in [6, 6.07) is 8.08. The number of rotatable bonds is 4. The quantitative estimate of drug-likeness (QED) is 0.174. The highest BCUT2D eigenvalue weighted by atomic mass is 16.6. The number of hydrogen-bond donors (Lipinski definition) is 6. The number of aromatic hydroxyl groups is 1. The molecule has 2 aromatic rings. The Morgan fingerprint density at radius 2 is 1.78 bits per heavy atom.